The van der Waals surface area contributed by atoms with Crippen LogP contribution in [0.5, 0.6) is 0 Å². The Morgan fingerprint density at radius 2 is 1.00 bits per heavy atom. The number of hydrogen-bond acceptors (Lipinski definition) is 22. The van der Waals surface area contributed by atoms with Gasteiger partial charge in [0.1, 0.15) is 29.9 Å². The molecule has 0 radical (unpaired) electrons. The van der Waals surface area contributed by atoms with E-state index >= 15 is 0 Å². The van der Waals surface area contributed by atoms with Crippen LogP contribution in [0.25, 0.3) is 63.0 Å². The molecule has 0 saturated heterocycles. The van der Waals surface area contributed by atoms with Gasteiger partial charge < -0.3 is 9.84 Å². The molecule has 0 atom stereocenters. The number of esters is 1. The number of aromatic nitrogens is 14. The Balaban J connectivity index is 0.000000125. The number of carbonyl (C=O) groups excluding carboxylic acids is 1. The number of halogens is 3. The molecule has 12 aromatic rings. The summed E-state index contributed by atoms with van der Waals surface area (Å²) < 4.78 is 10.6. The van der Waals surface area contributed by atoms with E-state index in [1.165, 1.54) is 85.6 Å². The molecule has 0 fully saturated rings. The van der Waals surface area contributed by atoms with Crippen molar-refractivity contribution in [3.05, 3.63) is 149 Å². The largest absolute Gasteiger partial charge is 0.478 e. The molecule has 0 unspecified atom stereocenters. The highest BCUT2D eigenvalue weighted by molar-refractivity contribution is 7.18. The molecule has 12 heterocycles. The number of nitrogen functional groups attached to an aromatic ring is 1. The molecular weight excluding hydrogens is 1110 g/mol. The molecule has 0 spiro atoms. The summed E-state index contributed by atoms with van der Waals surface area (Å²) in [5.41, 5.74) is 6.12. The molecule has 0 amide bonds. The fourth-order valence-corrected chi connectivity index (χ4v) is 10.6. The number of fused-ring (bicyclic) bond motifs is 5. The van der Waals surface area contributed by atoms with Gasteiger partial charge in [0.15, 0.2) is 5.15 Å². The topological polar surface area (TPSA) is 346 Å². The van der Waals surface area contributed by atoms with Crippen LogP contribution in [0, 0.1) is 13.8 Å². The third kappa shape index (κ3) is 11.4. The van der Waals surface area contributed by atoms with Crippen molar-refractivity contribution in [2.75, 3.05) is 12.5 Å². The van der Waals surface area contributed by atoms with Gasteiger partial charge in [-0.1, -0.05) is 11.6 Å². The number of rotatable bonds is 5. The van der Waals surface area contributed by atoms with Gasteiger partial charge in [-0.15, -0.1) is 56.7 Å². The first kappa shape index (κ1) is 51.7. The number of nitrogens with zero attached hydrogens (tertiary/aromatic N) is 10. The number of nitrogens with one attached hydrogen (secondary N) is 5. The van der Waals surface area contributed by atoms with Gasteiger partial charge in [-0.25, -0.2) is 54.7 Å². The van der Waals surface area contributed by atoms with Crippen molar-refractivity contribution < 1.29 is 19.4 Å². The molecular formula is C41H29Cl3N16O8S5. The maximum absolute atomic E-state index is 11.9. The third-order valence-corrected chi connectivity index (χ3v) is 14.9. The van der Waals surface area contributed by atoms with E-state index in [4.69, 9.17) is 45.8 Å². The Morgan fingerprint density at radius 1 is 0.589 bits per heavy atom. The number of carboxylic acid groups (broad SMARTS) is 1. The standard InChI is InChI=1S/C12H10N4O3S.C11H8N4O3S.C6H2Cl2N2S.C6H3ClN2OS.C6H6N4OS/c1-6-7(11(18)19-2)5-13-16(6)12-14-8-3-4-20-9(8)10(17)15-12;1-5-6(10(17)18)4-12-15(5)11-13-7-2-3-19-8(7)9(16)14-11;7-5-4-3(1-2-11-4)9-6(8)10-5;7-6-8-3-1-2-11-4(3)5(10)9-6;7-10-6-8-3-1-2-12-4(3)5(11)9-6/h3-5H,1-2H3,(H,14,15,17);2-4H,1H3,(H,17,18)(H,13,14,16);1-2H;1-2H,(H,8,9,10);1-2H,7H2,(H2,8,9,10,11). The highest BCUT2D eigenvalue weighted by Crippen LogP contribution is 2.27. The lowest BCUT2D eigenvalue weighted by Crippen LogP contribution is -2.15. The van der Waals surface area contributed by atoms with Crippen LogP contribution in [-0.4, -0.2) is 93.6 Å². The number of aromatic carboxylic acids is 1. The summed E-state index contributed by atoms with van der Waals surface area (Å²) in [4.78, 5) is 103. The van der Waals surface area contributed by atoms with E-state index in [9.17, 15) is 28.8 Å². The Morgan fingerprint density at radius 3 is 1.47 bits per heavy atom. The Labute approximate surface area is 439 Å². The molecule has 372 valence electrons. The van der Waals surface area contributed by atoms with Crippen LogP contribution in [0.2, 0.25) is 15.7 Å². The van der Waals surface area contributed by atoms with Crippen molar-refractivity contribution in [3.8, 4) is 11.9 Å². The molecule has 8 N–H and O–H groups in total. The first-order chi connectivity index (χ1) is 35.0. The normalized spacial score (nSPS) is 10.8. The summed E-state index contributed by atoms with van der Waals surface area (Å²) in [6.45, 7) is 3.31. The summed E-state index contributed by atoms with van der Waals surface area (Å²) in [7, 11) is 1.30. The Kier molecular flexibility index (Phi) is 15.9. The molecule has 0 aliphatic carbocycles. The minimum Gasteiger partial charge on any atom is -0.478 e. The second-order valence-electron chi connectivity index (χ2n) is 14.1. The van der Waals surface area contributed by atoms with Crippen LogP contribution in [0.1, 0.15) is 32.1 Å². The van der Waals surface area contributed by atoms with Crippen molar-refractivity contribution in [1.29, 1.82) is 0 Å². The second-order valence-corrected chi connectivity index (χ2v) is 19.7. The van der Waals surface area contributed by atoms with Crippen molar-refractivity contribution in [3.63, 3.8) is 0 Å². The lowest BCUT2D eigenvalue weighted by molar-refractivity contribution is 0.0599. The number of aromatic amines is 4. The summed E-state index contributed by atoms with van der Waals surface area (Å²) in [5, 5.41) is 26.9. The molecule has 32 heteroatoms. The maximum Gasteiger partial charge on any atom is 0.341 e. The summed E-state index contributed by atoms with van der Waals surface area (Å²) in [6.07, 6.45) is 2.62. The van der Waals surface area contributed by atoms with Gasteiger partial charge in [-0.3, -0.25) is 44.5 Å². The fraction of sp³-hybridized carbons (Fsp3) is 0.0732. The number of hydrogen-bond donors (Lipinski definition) is 7. The van der Waals surface area contributed by atoms with Gasteiger partial charge in [0.2, 0.25) is 28.4 Å². The van der Waals surface area contributed by atoms with Crippen molar-refractivity contribution in [2.45, 2.75) is 13.8 Å². The third-order valence-electron chi connectivity index (χ3n) is 9.63. The molecule has 0 aromatic carbocycles. The maximum atomic E-state index is 11.9. The minimum absolute atomic E-state index is 0.0769. The minimum atomic E-state index is -1.07. The van der Waals surface area contributed by atoms with E-state index in [2.05, 4.69) is 70.2 Å². The van der Waals surface area contributed by atoms with Gasteiger partial charge in [0, 0.05) is 0 Å². The predicted octanol–water partition coefficient (Wildman–Crippen LogP) is 7.35. The smallest absolute Gasteiger partial charge is 0.341 e. The van der Waals surface area contributed by atoms with Gasteiger partial charge in [0.05, 0.1) is 63.2 Å². The van der Waals surface area contributed by atoms with Gasteiger partial charge >= 0.3 is 11.9 Å². The van der Waals surface area contributed by atoms with E-state index in [1.807, 2.05) is 22.2 Å². The average molecular weight is 1140 g/mol. The average Bonchev–Trinajstić information content (AvgIpc) is 4.22. The van der Waals surface area contributed by atoms with E-state index in [1.54, 1.807) is 48.9 Å². The second kappa shape index (κ2) is 22.4. The van der Waals surface area contributed by atoms with Gasteiger partial charge in [-0.05, 0) is 94.3 Å². The zero-order valence-electron chi connectivity index (χ0n) is 37.0. The monoisotopic (exact) mass is 1140 g/mol. The lowest BCUT2D eigenvalue weighted by atomic mass is 10.3. The number of carboxylic acids is 1. The zero-order chi connectivity index (χ0) is 52.1. The fourth-order valence-electron chi connectivity index (χ4n) is 6.28. The Bertz CT molecular complexity index is 4240. The summed E-state index contributed by atoms with van der Waals surface area (Å²) in [5.74, 6) is 4.32. The van der Waals surface area contributed by atoms with E-state index < -0.39 is 11.9 Å². The van der Waals surface area contributed by atoms with Crippen molar-refractivity contribution in [2.24, 2.45) is 5.84 Å². The summed E-state index contributed by atoms with van der Waals surface area (Å²) >= 11 is 23.7. The van der Waals surface area contributed by atoms with Crippen LogP contribution in [0.4, 0.5) is 5.95 Å². The number of methoxy groups -OCH3 is 1. The van der Waals surface area contributed by atoms with Crippen LogP contribution >= 0.6 is 91.5 Å². The molecule has 0 aliphatic rings. The number of anilines is 1. The molecule has 0 aliphatic heterocycles. The molecule has 0 saturated carbocycles. The molecule has 0 bridgehead atoms. The molecule has 12 rings (SSSR count). The summed E-state index contributed by atoms with van der Waals surface area (Å²) in [6, 6.07) is 8.89. The van der Waals surface area contributed by atoms with Crippen LogP contribution in [-0.2, 0) is 4.74 Å². The van der Waals surface area contributed by atoms with E-state index in [0.717, 1.165) is 10.2 Å². The molecule has 24 nitrogen and oxygen atoms in total. The number of ether oxygens (including phenoxy) is 1. The first-order valence-electron chi connectivity index (χ1n) is 20.0. The van der Waals surface area contributed by atoms with Gasteiger partial charge in [-0.2, -0.15) is 10.2 Å². The number of hydrazine groups is 1. The first-order valence-corrected chi connectivity index (χ1v) is 25.6. The van der Waals surface area contributed by atoms with Crippen LogP contribution in [0.15, 0.2) is 88.8 Å². The van der Waals surface area contributed by atoms with Crippen LogP contribution in [0.3, 0.4) is 0 Å². The van der Waals surface area contributed by atoms with Crippen molar-refractivity contribution in [1.82, 2.24) is 69.4 Å². The lowest BCUT2D eigenvalue weighted by Gasteiger charge is -2.03. The SMILES string of the molecule is COC(=O)c1cnn(-c2nc3ccsc3c(=O)[nH]2)c1C.Cc1c(C(=O)O)cnn1-c1nc2ccsc2c(=O)[nH]1.Clc1nc(Cl)c2sccc2n1.NNc1nc2ccsc2c(=O)[nH]1.O=c1[nH]c(Cl)nc2ccsc12. The van der Waals surface area contributed by atoms with Crippen molar-refractivity contribution >= 4 is 160 Å². The van der Waals surface area contributed by atoms with Gasteiger partial charge in [0.25, 0.3) is 22.2 Å². The number of carbonyl (C=O) groups is 2. The van der Waals surface area contributed by atoms with E-state index in [-0.39, 0.29) is 56.2 Å². The highest BCUT2D eigenvalue weighted by Gasteiger charge is 2.18. The number of thiophene rings is 5. The van der Waals surface area contributed by atoms with E-state index in [0.29, 0.717) is 63.0 Å². The van der Waals surface area contributed by atoms with Crippen LogP contribution < -0.4 is 33.5 Å². The zero-order valence-corrected chi connectivity index (χ0v) is 43.3. The molecule has 12 aromatic heterocycles. The quantitative estimate of drug-likeness (QED) is 0.0291. The Hall–Kier alpha value is -7.61. The number of nitrogens with two attached hydrogens (primary N) is 1. The predicted molar refractivity (Wildman–Crippen MR) is 283 cm³/mol. The number of H-pyrrole nitrogens is 4. The molecule has 73 heavy (non-hydrogen) atoms. The highest BCUT2D eigenvalue weighted by atomic mass is 35.5.